The SMILES string of the molecule is CCCN(CC)C(=O)c1cnc2[nH]ncc2c1NC1CCOCC1. The Morgan fingerprint density at radius 2 is 2.17 bits per heavy atom. The lowest BCUT2D eigenvalue weighted by Crippen LogP contribution is -2.33. The number of hydrogen-bond acceptors (Lipinski definition) is 5. The molecule has 24 heavy (non-hydrogen) atoms. The quantitative estimate of drug-likeness (QED) is 0.849. The van der Waals surface area contributed by atoms with Crippen LogP contribution in [0.5, 0.6) is 0 Å². The van der Waals surface area contributed by atoms with Gasteiger partial charge in [-0.15, -0.1) is 0 Å². The van der Waals surface area contributed by atoms with Gasteiger partial charge in [-0.1, -0.05) is 6.92 Å². The fourth-order valence-electron chi connectivity index (χ4n) is 3.11. The van der Waals surface area contributed by atoms with E-state index in [0.717, 1.165) is 50.1 Å². The van der Waals surface area contributed by atoms with Crippen molar-refractivity contribution in [2.24, 2.45) is 0 Å². The molecule has 7 nitrogen and oxygen atoms in total. The van der Waals surface area contributed by atoms with E-state index in [1.54, 1.807) is 12.4 Å². The van der Waals surface area contributed by atoms with E-state index in [4.69, 9.17) is 4.74 Å². The van der Waals surface area contributed by atoms with E-state index in [2.05, 4.69) is 27.4 Å². The van der Waals surface area contributed by atoms with Crippen LogP contribution in [0.25, 0.3) is 11.0 Å². The Kier molecular flexibility index (Phi) is 5.30. The van der Waals surface area contributed by atoms with Gasteiger partial charge in [0.15, 0.2) is 5.65 Å². The number of aromatic nitrogens is 3. The molecule has 1 aliphatic heterocycles. The molecule has 2 aromatic heterocycles. The Balaban J connectivity index is 1.96. The van der Waals surface area contributed by atoms with Gasteiger partial charge in [-0.3, -0.25) is 9.89 Å². The molecule has 0 aromatic carbocycles. The molecule has 2 N–H and O–H groups in total. The lowest BCUT2D eigenvalue weighted by atomic mass is 10.1. The van der Waals surface area contributed by atoms with Gasteiger partial charge in [-0.2, -0.15) is 5.10 Å². The van der Waals surface area contributed by atoms with Gasteiger partial charge in [0.2, 0.25) is 0 Å². The minimum Gasteiger partial charge on any atom is -0.381 e. The molecule has 0 spiro atoms. The molecular formula is C17H25N5O2. The molecule has 2 aromatic rings. The van der Waals surface area contributed by atoms with Crippen LogP contribution in [0.15, 0.2) is 12.4 Å². The largest absolute Gasteiger partial charge is 0.381 e. The summed E-state index contributed by atoms with van der Waals surface area (Å²) < 4.78 is 5.43. The van der Waals surface area contributed by atoms with Crippen molar-refractivity contribution >= 4 is 22.6 Å². The first kappa shape index (κ1) is 16.7. The van der Waals surface area contributed by atoms with E-state index in [0.29, 0.717) is 23.8 Å². The Morgan fingerprint density at radius 3 is 2.88 bits per heavy atom. The number of nitrogens with one attached hydrogen (secondary N) is 2. The van der Waals surface area contributed by atoms with Crippen LogP contribution in [-0.2, 0) is 4.74 Å². The maximum absolute atomic E-state index is 13.0. The third-order valence-corrected chi connectivity index (χ3v) is 4.44. The summed E-state index contributed by atoms with van der Waals surface area (Å²) in [5, 5.41) is 11.4. The average Bonchev–Trinajstić information content (AvgIpc) is 3.09. The van der Waals surface area contributed by atoms with Crippen molar-refractivity contribution in [1.82, 2.24) is 20.1 Å². The summed E-state index contributed by atoms with van der Waals surface area (Å²) in [4.78, 5) is 19.2. The van der Waals surface area contributed by atoms with Gasteiger partial charge in [-0.25, -0.2) is 4.98 Å². The van der Waals surface area contributed by atoms with Gasteiger partial charge in [0.25, 0.3) is 5.91 Å². The molecule has 1 aliphatic rings. The maximum Gasteiger partial charge on any atom is 0.257 e. The first-order valence-corrected chi connectivity index (χ1v) is 8.70. The van der Waals surface area contributed by atoms with Crippen LogP contribution in [0.1, 0.15) is 43.5 Å². The van der Waals surface area contributed by atoms with E-state index in [-0.39, 0.29) is 5.91 Å². The van der Waals surface area contributed by atoms with Gasteiger partial charge in [-0.05, 0) is 26.2 Å². The number of amides is 1. The number of ether oxygens (including phenoxy) is 1. The summed E-state index contributed by atoms with van der Waals surface area (Å²) >= 11 is 0. The average molecular weight is 331 g/mol. The van der Waals surface area contributed by atoms with Gasteiger partial charge >= 0.3 is 0 Å². The van der Waals surface area contributed by atoms with Crippen molar-refractivity contribution in [3.05, 3.63) is 18.0 Å². The molecule has 0 bridgehead atoms. The highest BCUT2D eigenvalue weighted by atomic mass is 16.5. The predicted molar refractivity (Wildman–Crippen MR) is 93.2 cm³/mol. The summed E-state index contributed by atoms with van der Waals surface area (Å²) in [5.74, 6) is 0.0181. The Labute approximate surface area is 141 Å². The minimum absolute atomic E-state index is 0.0181. The number of carbonyl (C=O) groups is 1. The van der Waals surface area contributed by atoms with Crippen LogP contribution in [0.4, 0.5) is 5.69 Å². The lowest BCUT2D eigenvalue weighted by Gasteiger charge is -2.27. The Morgan fingerprint density at radius 1 is 1.38 bits per heavy atom. The van der Waals surface area contributed by atoms with Crippen LogP contribution in [0.3, 0.4) is 0 Å². The first-order chi connectivity index (χ1) is 11.7. The van der Waals surface area contributed by atoms with Gasteiger partial charge in [0.05, 0.1) is 22.8 Å². The highest BCUT2D eigenvalue weighted by Gasteiger charge is 2.23. The summed E-state index contributed by atoms with van der Waals surface area (Å²) in [6.07, 6.45) is 6.19. The molecule has 3 rings (SSSR count). The summed E-state index contributed by atoms with van der Waals surface area (Å²) in [6.45, 7) is 7.01. The monoisotopic (exact) mass is 331 g/mol. The number of carbonyl (C=O) groups excluding carboxylic acids is 1. The zero-order valence-corrected chi connectivity index (χ0v) is 14.3. The summed E-state index contributed by atoms with van der Waals surface area (Å²) in [6, 6.07) is 0.298. The number of hydrogen-bond donors (Lipinski definition) is 2. The Bertz CT molecular complexity index is 693. The second-order valence-corrected chi connectivity index (χ2v) is 6.09. The molecule has 0 radical (unpaired) electrons. The number of fused-ring (bicyclic) bond motifs is 1. The number of anilines is 1. The van der Waals surface area contributed by atoms with Crippen molar-refractivity contribution in [2.45, 2.75) is 39.2 Å². The number of rotatable bonds is 6. The van der Waals surface area contributed by atoms with E-state index < -0.39 is 0 Å². The van der Waals surface area contributed by atoms with E-state index >= 15 is 0 Å². The van der Waals surface area contributed by atoms with Gasteiger partial charge in [0.1, 0.15) is 0 Å². The molecule has 0 aliphatic carbocycles. The van der Waals surface area contributed by atoms with Crippen LogP contribution in [-0.4, -0.2) is 58.3 Å². The second-order valence-electron chi connectivity index (χ2n) is 6.09. The molecule has 1 amide bonds. The number of aromatic amines is 1. The van der Waals surface area contributed by atoms with Crippen molar-refractivity contribution in [1.29, 1.82) is 0 Å². The molecule has 0 atom stereocenters. The van der Waals surface area contributed by atoms with Crippen LogP contribution < -0.4 is 5.32 Å². The summed E-state index contributed by atoms with van der Waals surface area (Å²) in [5.41, 5.74) is 2.14. The topological polar surface area (TPSA) is 83.1 Å². The third-order valence-electron chi connectivity index (χ3n) is 4.44. The number of pyridine rings is 1. The first-order valence-electron chi connectivity index (χ1n) is 8.70. The van der Waals surface area contributed by atoms with Crippen LogP contribution in [0, 0.1) is 0 Å². The number of nitrogens with zero attached hydrogens (tertiary/aromatic N) is 3. The minimum atomic E-state index is 0.0181. The van der Waals surface area contributed by atoms with Crippen molar-refractivity contribution in [3.8, 4) is 0 Å². The van der Waals surface area contributed by atoms with Gasteiger partial charge < -0.3 is 15.0 Å². The standard InChI is InChI=1S/C17H25N5O2/c1-3-7-22(4-2)17(23)14-10-18-16-13(11-19-21-16)15(14)20-12-5-8-24-9-6-12/h10-12H,3-9H2,1-2H3,(H2,18,19,20,21). The molecule has 1 saturated heterocycles. The Hall–Kier alpha value is -2.15. The zero-order chi connectivity index (χ0) is 16.9. The zero-order valence-electron chi connectivity index (χ0n) is 14.3. The number of H-pyrrole nitrogens is 1. The van der Waals surface area contributed by atoms with E-state index in [1.165, 1.54) is 0 Å². The molecule has 0 saturated carbocycles. The normalized spacial score (nSPS) is 15.6. The lowest BCUT2D eigenvalue weighted by molar-refractivity contribution is 0.0764. The van der Waals surface area contributed by atoms with Crippen molar-refractivity contribution in [3.63, 3.8) is 0 Å². The van der Waals surface area contributed by atoms with E-state index in [9.17, 15) is 4.79 Å². The molecule has 0 unspecified atom stereocenters. The fourth-order valence-corrected chi connectivity index (χ4v) is 3.11. The van der Waals surface area contributed by atoms with Crippen molar-refractivity contribution in [2.75, 3.05) is 31.6 Å². The smallest absolute Gasteiger partial charge is 0.257 e. The molecule has 7 heteroatoms. The van der Waals surface area contributed by atoms with Crippen molar-refractivity contribution < 1.29 is 9.53 Å². The predicted octanol–water partition coefficient (Wildman–Crippen LogP) is 2.42. The molecule has 3 heterocycles. The van der Waals surface area contributed by atoms with Gasteiger partial charge in [0, 0.05) is 38.5 Å². The maximum atomic E-state index is 13.0. The molecule has 1 fully saturated rings. The van der Waals surface area contributed by atoms with E-state index in [1.807, 2.05) is 11.8 Å². The molecular weight excluding hydrogens is 306 g/mol. The second kappa shape index (κ2) is 7.61. The fraction of sp³-hybridized carbons (Fsp3) is 0.588. The van der Waals surface area contributed by atoms with Crippen LogP contribution >= 0.6 is 0 Å². The molecule has 130 valence electrons. The third kappa shape index (κ3) is 3.36. The highest BCUT2D eigenvalue weighted by Crippen LogP contribution is 2.28. The van der Waals surface area contributed by atoms with Crippen LogP contribution in [0.2, 0.25) is 0 Å². The summed E-state index contributed by atoms with van der Waals surface area (Å²) in [7, 11) is 0. The highest BCUT2D eigenvalue weighted by molar-refractivity contribution is 6.06.